The van der Waals surface area contributed by atoms with Crippen LogP contribution in [0, 0.1) is 0 Å². The molecule has 0 aliphatic rings. The van der Waals surface area contributed by atoms with Crippen LogP contribution in [0.4, 0.5) is 11.6 Å². The van der Waals surface area contributed by atoms with Crippen molar-refractivity contribution in [3.05, 3.63) is 103 Å². The molecule has 6 N–H and O–H groups in total. The van der Waals surface area contributed by atoms with E-state index in [0.29, 0.717) is 0 Å². The average molecular weight is 550 g/mol. The van der Waals surface area contributed by atoms with E-state index >= 15 is 0 Å². The molecule has 0 saturated heterocycles. The van der Waals surface area contributed by atoms with Gasteiger partial charge in [-0.1, -0.05) is 91.0 Å². The lowest BCUT2D eigenvalue weighted by atomic mass is 9.86. The largest absolute Gasteiger partial charge is 0.322 e. The first-order valence-electron chi connectivity index (χ1n) is 13.7. The number of hydrogen-bond acceptors (Lipinski definition) is 5. The molecule has 0 saturated carbocycles. The number of aromatic nitrogens is 1. The second kappa shape index (κ2) is 10.2. The Bertz CT molecular complexity index is 2110. The number of fused-ring (bicyclic) bond motifs is 1. The first kappa shape index (κ1) is 25.6. The van der Waals surface area contributed by atoms with Crippen molar-refractivity contribution in [2.75, 3.05) is 23.7 Å². The number of hydrogen-bond donors (Lipinski definition) is 4. The van der Waals surface area contributed by atoms with Crippen molar-refractivity contribution in [3.63, 3.8) is 0 Å². The van der Waals surface area contributed by atoms with E-state index in [0.717, 1.165) is 33.0 Å². The Morgan fingerprint density at radius 3 is 1.67 bits per heavy atom. The molecule has 7 rings (SSSR count). The van der Waals surface area contributed by atoms with Crippen LogP contribution in [0.15, 0.2) is 103 Å². The number of pyridine rings is 1. The van der Waals surface area contributed by atoms with Crippen molar-refractivity contribution in [2.24, 2.45) is 11.5 Å². The fourth-order valence-corrected chi connectivity index (χ4v) is 5.98. The van der Waals surface area contributed by atoms with Crippen LogP contribution in [0.2, 0.25) is 0 Å². The first-order chi connectivity index (χ1) is 20.5. The van der Waals surface area contributed by atoms with Crippen LogP contribution in [-0.2, 0) is 9.59 Å². The molecule has 2 amide bonds. The summed E-state index contributed by atoms with van der Waals surface area (Å²) >= 11 is 0. The summed E-state index contributed by atoms with van der Waals surface area (Å²) in [4.78, 5) is 28.7. The standard InChI is InChI=1S/C35H27N5O2/c36-18-31(41)39-29-16-24(17-30(38-29)40-32(42)19-37)25-8-2-6-20-7-3-9-27(34(20)25)26-14-12-23-11-10-21-4-1-5-22-13-15-28(26)35(23)33(21)22/h1-17H,18-19,36-37H2,(H2,38,39,40,41,42). The lowest BCUT2D eigenvalue weighted by Crippen LogP contribution is -2.24. The van der Waals surface area contributed by atoms with Crippen LogP contribution < -0.4 is 22.1 Å². The monoisotopic (exact) mass is 549 g/mol. The van der Waals surface area contributed by atoms with Gasteiger partial charge in [-0.25, -0.2) is 4.98 Å². The van der Waals surface area contributed by atoms with Crippen LogP contribution in [0.1, 0.15) is 0 Å². The molecule has 0 radical (unpaired) electrons. The van der Waals surface area contributed by atoms with Gasteiger partial charge in [-0.2, -0.15) is 0 Å². The third-order valence-electron chi connectivity index (χ3n) is 7.77. The van der Waals surface area contributed by atoms with E-state index in [4.69, 9.17) is 11.5 Å². The van der Waals surface area contributed by atoms with Gasteiger partial charge in [-0.3, -0.25) is 9.59 Å². The number of benzene rings is 6. The summed E-state index contributed by atoms with van der Waals surface area (Å²) in [5.41, 5.74) is 15.0. The zero-order valence-corrected chi connectivity index (χ0v) is 22.6. The van der Waals surface area contributed by atoms with E-state index < -0.39 is 0 Å². The predicted molar refractivity (Wildman–Crippen MR) is 172 cm³/mol. The summed E-state index contributed by atoms with van der Waals surface area (Å²) in [7, 11) is 0. The van der Waals surface area contributed by atoms with Crippen molar-refractivity contribution >= 4 is 66.5 Å². The molecule has 0 bridgehead atoms. The summed E-state index contributed by atoms with van der Waals surface area (Å²) < 4.78 is 0. The number of nitrogens with two attached hydrogens (primary N) is 2. The van der Waals surface area contributed by atoms with Crippen molar-refractivity contribution < 1.29 is 9.59 Å². The molecule has 7 nitrogen and oxygen atoms in total. The van der Waals surface area contributed by atoms with E-state index in [9.17, 15) is 9.59 Å². The van der Waals surface area contributed by atoms with Gasteiger partial charge in [-0.05, 0) is 77.5 Å². The first-order valence-corrected chi connectivity index (χ1v) is 13.7. The third kappa shape index (κ3) is 4.28. The number of carbonyl (C=O) groups excluding carboxylic acids is 2. The molecule has 0 fully saturated rings. The second-order valence-corrected chi connectivity index (χ2v) is 10.3. The van der Waals surface area contributed by atoms with Crippen LogP contribution >= 0.6 is 0 Å². The SMILES string of the molecule is NCC(=O)Nc1cc(-c2cccc3cccc(-c4ccc5ccc6cccc7ccc4c5c67)c23)cc(NC(=O)CN)n1. The maximum atomic E-state index is 12.2. The normalized spacial score (nSPS) is 11.5. The Balaban J connectivity index is 1.49. The highest BCUT2D eigenvalue weighted by atomic mass is 16.2. The molecular formula is C35H27N5O2. The molecular weight excluding hydrogens is 522 g/mol. The number of nitrogens with zero attached hydrogens (tertiary/aromatic N) is 1. The van der Waals surface area contributed by atoms with E-state index in [2.05, 4.69) is 94.5 Å². The molecule has 0 unspecified atom stereocenters. The fraction of sp³-hybridized carbons (Fsp3) is 0.0571. The van der Waals surface area contributed by atoms with Crippen molar-refractivity contribution in [2.45, 2.75) is 0 Å². The Morgan fingerprint density at radius 2 is 1.05 bits per heavy atom. The van der Waals surface area contributed by atoms with Gasteiger partial charge in [0.15, 0.2) is 0 Å². The van der Waals surface area contributed by atoms with Gasteiger partial charge in [0.25, 0.3) is 0 Å². The second-order valence-electron chi connectivity index (χ2n) is 10.3. The van der Waals surface area contributed by atoms with Crippen molar-refractivity contribution in [3.8, 4) is 22.3 Å². The minimum atomic E-state index is -0.386. The molecule has 0 aliphatic heterocycles. The Morgan fingerprint density at radius 1 is 0.548 bits per heavy atom. The van der Waals surface area contributed by atoms with Gasteiger partial charge in [0.1, 0.15) is 11.6 Å². The number of amides is 2. The van der Waals surface area contributed by atoms with Crippen LogP contribution in [0.25, 0.3) is 65.3 Å². The summed E-state index contributed by atoms with van der Waals surface area (Å²) in [5, 5.41) is 14.9. The average Bonchev–Trinajstić information content (AvgIpc) is 3.02. The zero-order valence-electron chi connectivity index (χ0n) is 22.6. The van der Waals surface area contributed by atoms with Crippen LogP contribution in [0.5, 0.6) is 0 Å². The molecule has 7 aromatic rings. The maximum Gasteiger partial charge on any atom is 0.239 e. The summed E-state index contributed by atoms with van der Waals surface area (Å²) in [6, 6.07) is 35.6. The van der Waals surface area contributed by atoms with Crippen LogP contribution in [-0.4, -0.2) is 29.9 Å². The lowest BCUT2D eigenvalue weighted by Gasteiger charge is -2.18. The van der Waals surface area contributed by atoms with Gasteiger partial charge in [0.05, 0.1) is 13.1 Å². The van der Waals surface area contributed by atoms with E-state index in [1.165, 1.54) is 32.3 Å². The predicted octanol–water partition coefficient (Wildman–Crippen LogP) is 6.26. The minimum Gasteiger partial charge on any atom is -0.322 e. The Labute approximate surface area is 241 Å². The van der Waals surface area contributed by atoms with E-state index in [1.807, 2.05) is 12.1 Å². The summed E-state index contributed by atoms with van der Waals surface area (Å²) in [6.45, 7) is -0.382. The Hall–Kier alpha value is -5.37. The quantitative estimate of drug-likeness (QED) is 0.182. The summed E-state index contributed by atoms with van der Waals surface area (Å²) in [6.07, 6.45) is 0. The molecule has 1 heterocycles. The van der Waals surface area contributed by atoms with Gasteiger partial charge in [0, 0.05) is 0 Å². The highest BCUT2D eigenvalue weighted by Gasteiger charge is 2.17. The molecule has 7 heteroatoms. The molecule has 42 heavy (non-hydrogen) atoms. The van der Waals surface area contributed by atoms with Crippen LogP contribution in [0.3, 0.4) is 0 Å². The molecule has 0 aliphatic carbocycles. The number of rotatable bonds is 6. The van der Waals surface area contributed by atoms with Crippen molar-refractivity contribution in [1.82, 2.24) is 4.98 Å². The van der Waals surface area contributed by atoms with E-state index in [1.54, 1.807) is 12.1 Å². The third-order valence-corrected chi connectivity index (χ3v) is 7.77. The topological polar surface area (TPSA) is 123 Å². The maximum absolute atomic E-state index is 12.2. The van der Waals surface area contributed by atoms with Crippen molar-refractivity contribution in [1.29, 1.82) is 0 Å². The number of anilines is 2. The minimum absolute atomic E-state index is 0.191. The molecule has 204 valence electrons. The van der Waals surface area contributed by atoms with Gasteiger partial charge in [-0.15, -0.1) is 0 Å². The van der Waals surface area contributed by atoms with Gasteiger partial charge in [0.2, 0.25) is 11.8 Å². The van der Waals surface area contributed by atoms with Gasteiger partial charge >= 0.3 is 0 Å². The molecule has 6 aromatic carbocycles. The fourth-order valence-electron chi connectivity index (χ4n) is 5.98. The van der Waals surface area contributed by atoms with Gasteiger partial charge < -0.3 is 22.1 Å². The highest BCUT2D eigenvalue weighted by Crippen LogP contribution is 2.43. The zero-order chi connectivity index (χ0) is 28.8. The smallest absolute Gasteiger partial charge is 0.239 e. The Kier molecular flexibility index (Phi) is 6.23. The molecule has 0 atom stereocenters. The highest BCUT2D eigenvalue weighted by molar-refractivity contribution is 6.26. The summed E-state index contributed by atoms with van der Waals surface area (Å²) in [5.74, 6) is -0.203. The number of carbonyl (C=O) groups is 2. The lowest BCUT2D eigenvalue weighted by molar-refractivity contribution is -0.115. The number of nitrogens with one attached hydrogen (secondary N) is 2. The van der Waals surface area contributed by atoms with E-state index in [-0.39, 0.29) is 36.5 Å². The molecule has 0 spiro atoms. The molecule has 1 aromatic heterocycles.